The third kappa shape index (κ3) is 3.01. The maximum Gasteiger partial charge on any atom is 0.142 e. The molecule has 2 aliphatic rings. The quantitative estimate of drug-likeness (QED) is 0.887. The number of benzene rings is 1. The molecule has 1 aliphatic heterocycles. The molecular weight excluding hydrogens is 281 g/mol. The minimum absolute atomic E-state index is 0.307. The van der Waals surface area contributed by atoms with Crippen LogP contribution in [0.3, 0.4) is 0 Å². The summed E-state index contributed by atoms with van der Waals surface area (Å²) in [6.07, 6.45) is 3.76. The van der Waals surface area contributed by atoms with Crippen LogP contribution in [0.5, 0.6) is 5.75 Å². The zero-order valence-corrected chi connectivity index (χ0v) is 12.6. The van der Waals surface area contributed by atoms with Gasteiger partial charge in [-0.15, -0.1) is 0 Å². The number of halogens is 2. The van der Waals surface area contributed by atoms with Crippen LogP contribution < -0.4 is 10.1 Å². The second-order valence-electron chi connectivity index (χ2n) is 5.72. The van der Waals surface area contributed by atoms with Crippen LogP contribution in [-0.2, 0) is 0 Å². The van der Waals surface area contributed by atoms with Gasteiger partial charge in [0.15, 0.2) is 0 Å². The normalized spacial score (nSPS) is 23.6. The molecule has 1 N–H and O–H groups in total. The van der Waals surface area contributed by atoms with Crippen LogP contribution in [-0.4, -0.2) is 13.2 Å². The Bertz CT molecular complexity index is 473. The maximum absolute atomic E-state index is 6.20. The first kappa shape index (κ1) is 13.5. The lowest BCUT2D eigenvalue weighted by Gasteiger charge is -2.28. The lowest BCUT2D eigenvalue weighted by Crippen LogP contribution is -2.31. The second-order valence-corrected chi connectivity index (χ2v) is 6.56. The number of fused-ring (bicyclic) bond motifs is 1. The molecule has 1 saturated carbocycles. The predicted octanol–water partition coefficient (Wildman–Crippen LogP) is 4.45. The average Bonchev–Trinajstić information content (AvgIpc) is 3.20. The Morgan fingerprint density at radius 2 is 2.11 bits per heavy atom. The largest absolute Gasteiger partial charge is 0.492 e. The van der Waals surface area contributed by atoms with Gasteiger partial charge in [-0.05, 0) is 43.4 Å². The molecule has 1 fully saturated rings. The van der Waals surface area contributed by atoms with Crippen LogP contribution >= 0.6 is 23.2 Å². The molecular formula is C15H19Cl2NO. The summed E-state index contributed by atoms with van der Waals surface area (Å²) in [5.41, 5.74) is 1.10. The summed E-state index contributed by atoms with van der Waals surface area (Å²) in [6, 6.07) is 4.03. The zero-order valence-electron chi connectivity index (χ0n) is 11.1. The van der Waals surface area contributed by atoms with Crippen LogP contribution in [0.15, 0.2) is 12.1 Å². The Morgan fingerprint density at radius 3 is 2.84 bits per heavy atom. The summed E-state index contributed by atoms with van der Waals surface area (Å²) in [4.78, 5) is 0. The maximum atomic E-state index is 6.20. The van der Waals surface area contributed by atoms with Crippen molar-refractivity contribution < 1.29 is 4.74 Å². The summed E-state index contributed by atoms with van der Waals surface area (Å²) >= 11 is 12.3. The van der Waals surface area contributed by atoms with Crippen molar-refractivity contribution in [1.29, 1.82) is 0 Å². The topological polar surface area (TPSA) is 21.3 Å². The summed E-state index contributed by atoms with van der Waals surface area (Å²) in [6.45, 7) is 4.10. The first-order chi connectivity index (χ1) is 9.15. The fourth-order valence-corrected chi connectivity index (χ4v) is 3.36. The molecule has 3 rings (SSSR count). The van der Waals surface area contributed by atoms with Gasteiger partial charge in [-0.3, -0.25) is 0 Å². The van der Waals surface area contributed by atoms with Gasteiger partial charge in [-0.1, -0.05) is 30.1 Å². The smallest absolute Gasteiger partial charge is 0.142 e. The van der Waals surface area contributed by atoms with E-state index in [9.17, 15) is 0 Å². The van der Waals surface area contributed by atoms with E-state index < -0.39 is 0 Å². The van der Waals surface area contributed by atoms with Crippen molar-refractivity contribution in [3.8, 4) is 5.75 Å². The average molecular weight is 300 g/mol. The standard InChI is InChI=1S/C15H19Cl2NO/c1-9(10-2-3-10)8-18-14-4-5-19-15-12(14)6-11(16)7-13(15)17/h6-7,9-10,14,18H,2-5,8H2,1H3. The Kier molecular flexibility index (Phi) is 3.93. The van der Waals surface area contributed by atoms with Crippen molar-refractivity contribution in [2.24, 2.45) is 11.8 Å². The van der Waals surface area contributed by atoms with E-state index in [0.717, 1.165) is 36.1 Å². The Balaban J connectivity index is 1.73. The minimum atomic E-state index is 0.307. The molecule has 0 amide bonds. The molecule has 1 aliphatic carbocycles. The molecule has 2 nitrogen and oxygen atoms in total. The highest BCUT2D eigenvalue weighted by Crippen LogP contribution is 2.41. The summed E-state index contributed by atoms with van der Waals surface area (Å²) in [5, 5.41) is 4.95. The van der Waals surface area contributed by atoms with Crippen LogP contribution in [0, 0.1) is 11.8 Å². The molecule has 4 heteroatoms. The van der Waals surface area contributed by atoms with Crippen molar-refractivity contribution in [3.05, 3.63) is 27.7 Å². The fraction of sp³-hybridized carbons (Fsp3) is 0.600. The van der Waals surface area contributed by atoms with Gasteiger partial charge in [-0.2, -0.15) is 0 Å². The highest BCUT2D eigenvalue weighted by atomic mass is 35.5. The fourth-order valence-electron chi connectivity index (χ4n) is 2.80. The Morgan fingerprint density at radius 1 is 1.32 bits per heavy atom. The second kappa shape index (κ2) is 5.51. The third-order valence-electron chi connectivity index (χ3n) is 4.18. The molecule has 19 heavy (non-hydrogen) atoms. The van der Waals surface area contributed by atoms with Gasteiger partial charge in [0.1, 0.15) is 5.75 Å². The summed E-state index contributed by atoms with van der Waals surface area (Å²) in [7, 11) is 0. The third-order valence-corrected chi connectivity index (χ3v) is 4.68. The molecule has 2 unspecified atom stereocenters. The zero-order chi connectivity index (χ0) is 13.4. The van der Waals surface area contributed by atoms with E-state index in [1.165, 1.54) is 12.8 Å². The van der Waals surface area contributed by atoms with Gasteiger partial charge in [0.2, 0.25) is 0 Å². The first-order valence-corrected chi connectivity index (χ1v) is 7.76. The molecule has 1 heterocycles. The van der Waals surface area contributed by atoms with E-state index in [4.69, 9.17) is 27.9 Å². The van der Waals surface area contributed by atoms with Crippen LogP contribution in [0.4, 0.5) is 0 Å². The van der Waals surface area contributed by atoms with Crippen LogP contribution in [0.1, 0.15) is 37.8 Å². The molecule has 0 spiro atoms. The van der Waals surface area contributed by atoms with Gasteiger partial charge in [0.25, 0.3) is 0 Å². The molecule has 2 atom stereocenters. The molecule has 1 aromatic carbocycles. The van der Waals surface area contributed by atoms with E-state index in [2.05, 4.69) is 12.2 Å². The molecule has 1 aromatic rings. The number of hydrogen-bond acceptors (Lipinski definition) is 2. The van der Waals surface area contributed by atoms with Gasteiger partial charge < -0.3 is 10.1 Å². The van der Waals surface area contributed by atoms with Gasteiger partial charge in [-0.25, -0.2) is 0 Å². The number of ether oxygens (including phenoxy) is 1. The highest BCUT2D eigenvalue weighted by molar-refractivity contribution is 6.35. The van der Waals surface area contributed by atoms with Crippen molar-refractivity contribution in [2.45, 2.75) is 32.2 Å². The Hall–Kier alpha value is -0.440. The lowest BCUT2D eigenvalue weighted by atomic mass is 9.99. The number of rotatable bonds is 4. The summed E-state index contributed by atoms with van der Waals surface area (Å²) in [5.74, 6) is 2.48. The van der Waals surface area contributed by atoms with Crippen molar-refractivity contribution in [3.63, 3.8) is 0 Å². The van der Waals surface area contributed by atoms with Crippen LogP contribution in [0.25, 0.3) is 0 Å². The van der Waals surface area contributed by atoms with Crippen molar-refractivity contribution >= 4 is 23.2 Å². The number of hydrogen-bond donors (Lipinski definition) is 1. The molecule has 0 bridgehead atoms. The van der Waals surface area contributed by atoms with Crippen molar-refractivity contribution in [1.82, 2.24) is 5.32 Å². The monoisotopic (exact) mass is 299 g/mol. The van der Waals surface area contributed by atoms with E-state index in [1.54, 1.807) is 6.07 Å². The minimum Gasteiger partial charge on any atom is -0.492 e. The van der Waals surface area contributed by atoms with Crippen molar-refractivity contribution in [2.75, 3.05) is 13.2 Å². The first-order valence-electron chi connectivity index (χ1n) is 7.00. The van der Waals surface area contributed by atoms with E-state index in [1.807, 2.05) is 6.07 Å². The summed E-state index contributed by atoms with van der Waals surface area (Å²) < 4.78 is 5.68. The molecule has 0 radical (unpaired) electrons. The lowest BCUT2D eigenvalue weighted by molar-refractivity contribution is 0.248. The van der Waals surface area contributed by atoms with Gasteiger partial charge in [0.05, 0.1) is 11.6 Å². The SMILES string of the molecule is CC(CNC1CCOc2c(Cl)cc(Cl)cc21)C1CC1. The van der Waals surface area contributed by atoms with Crippen LogP contribution in [0.2, 0.25) is 10.0 Å². The molecule has 0 aromatic heterocycles. The number of nitrogens with one attached hydrogen (secondary N) is 1. The highest BCUT2D eigenvalue weighted by Gasteiger charge is 2.29. The Labute approximate surface area is 124 Å². The van der Waals surface area contributed by atoms with E-state index in [0.29, 0.717) is 22.7 Å². The van der Waals surface area contributed by atoms with Gasteiger partial charge >= 0.3 is 0 Å². The predicted molar refractivity (Wildman–Crippen MR) is 79.2 cm³/mol. The van der Waals surface area contributed by atoms with E-state index in [-0.39, 0.29) is 0 Å². The molecule has 0 saturated heterocycles. The van der Waals surface area contributed by atoms with Gasteiger partial charge in [0, 0.05) is 23.0 Å². The van der Waals surface area contributed by atoms with E-state index >= 15 is 0 Å². The molecule has 104 valence electrons.